The van der Waals surface area contributed by atoms with Crippen LogP contribution in [0.25, 0.3) is 22.1 Å². The molecule has 1 aromatic carbocycles. The van der Waals surface area contributed by atoms with E-state index in [0.29, 0.717) is 29.1 Å². The second-order valence-corrected chi connectivity index (χ2v) is 6.65. The van der Waals surface area contributed by atoms with Crippen molar-refractivity contribution >= 4 is 56.9 Å². The van der Waals surface area contributed by atoms with Gasteiger partial charge in [-0.3, -0.25) is 15.2 Å². The van der Waals surface area contributed by atoms with Crippen LogP contribution in [0.4, 0.5) is 0 Å². The van der Waals surface area contributed by atoms with Gasteiger partial charge in [0.25, 0.3) is 0 Å². The fraction of sp³-hybridized carbons (Fsp3) is 0.111. The van der Waals surface area contributed by atoms with E-state index in [2.05, 4.69) is 41.7 Å². The van der Waals surface area contributed by atoms with Gasteiger partial charge in [-0.1, -0.05) is 17.3 Å². The van der Waals surface area contributed by atoms with Gasteiger partial charge in [0.1, 0.15) is 5.52 Å². The predicted octanol–water partition coefficient (Wildman–Crippen LogP) is 2.76. The van der Waals surface area contributed by atoms with E-state index in [-0.39, 0.29) is 5.11 Å². The molecule has 2 N–H and O–H groups in total. The second kappa shape index (κ2) is 7.83. The first-order valence-corrected chi connectivity index (χ1v) is 9.18. The average Bonchev–Trinajstić information content (AvgIpc) is 3.13. The van der Waals surface area contributed by atoms with Crippen molar-refractivity contribution in [3.05, 3.63) is 59.9 Å². The first kappa shape index (κ1) is 18.2. The van der Waals surface area contributed by atoms with Crippen molar-refractivity contribution in [3.63, 3.8) is 0 Å². The van der Waals surface area contributed by atoms with Gasteiger partial charge >= 0.3 is 0 Å². The Kier molecular flexibility index (Phi) is 5.09. The van der Waals surface area contributed by atoms with Crippen LogP contribution in [0.3, 0.4) is 0 Å². The van der Waals surface area contributed by atoms with Crippen LogP contribution >= 0.6 is 24.0 Å². The highest BCUT2D eigenvalue weighted by Crippen LogP contribution is 2.16. The molecule has 0 spiro atoms. The number of thiocarbonyl (C=S) groups is 1. The zero-order valence-corrected chi connectivity index (χ0v) is 16.4. The minimum absolute atomic E-state index is 0.208. The molecule has 0 saturated carbocycles. The minimum atomic E-state index is 0.208. The summed E-state index contributed by atoms with van der Waals surface area (Å²) in [6.07, 6.45) is 1.78. The zero-order chi connectivity index (χ0) is 19.5. The lowest BCUT2D eigenvalue weighted by atomic mass is 10.1. The number of hydrazone groups is 1. The van der Waals surface area contributed by atoms with Crippen LogP contribution < -0.4 is 10.3 Å². The van der Waals surface area contributed by atoms with Crippen LogP contribution in [0.1, 0.15) is 18.2 Å². The molecule has 3 aromatic heterocycles. The van der Waals surface area contributed by atoms with Crippen molar-refractivity contribution in [1.29, 1.82) is 0 Å². The van der Waals surface area contributed by atoms with Gasteiger partial charge in [0.05, 0.1) is 23.5 Å². The lowest BCUT2D eigenvalue weighted by molar-refractivity contribution is 0.664. The van der Waals surface area contributed by atoms with Gasteiger partial charge in [-0.25, -0.2) is 9.67 Å². The third kappa shape index (κ3) is 3.75. The maximum Gasteiger partial charge on any atom is 0.201 e. The molecule has 0 aliphatic heterocycles. The number of nitrogens with one attached hydrogen (secondary N) is 2. The third-order valence-electron chi connectivity index (χ3n) is 4.14. The molecule has 0 aliphatic rings. The standard InChI is InChI=1S/C18H15ClN8S/c1-11(23-25-18(28)22-19)14-6-7-16-17(21-14)27(26-24-16)10-12-4-5-15-13(9-12)3-2-8-20-15/h2-9H,10H2,1H3,(H2,22,25,28). The molecule has 0 aliphatic carbocycles. The second-order valence-electron chi connectivity index (χ2n) is 6.05. The van der Waals surface area contributed by atoms with Crippen molar-refractivity contribution in [2.24, 2.45) is 5.10 Å². The summed E-state index contributed by atoms with van der Waals surface area (Å²) >= 11 is 10.3. The van der Waals surface area contributed by atoms with Gasteiger partial charge in [-0.15, -0.1) is 5.10 Å². The normalized spacial score (nSPS) is 11.7. The summed E-state index contributed by atoms with van der Waals surface area (Å²) in [5.74, 6) is 0. The Morgan fingerprint density at radius 2 is 2.07 bits per heavy atom. The van der Waals surface area contributed by atoms with Gasteiger partial charge in [0.2, 0.25) is 5.11 Å². The lowest BCUT2D eigenvalue weighted by Crippen LogP contribution is -2.26. The van der Waals surface area contributed by atoms with E-state index in [1.54, 1.807) is 10.9 Å². The summed E-state index contributed by atoms with van der Waals surface area (Å²) in [5.41, 5.74) is 7.41. The van der Waals surface area contributed by atoms with Crippen LogP contribution in [0.5, 0.6) is 0 Å². The summed E-state index contributed by atoms with van der Waals surface area (Å²) in [6.45, 7) is 2.37. The number of benzene rings is 1. The van der Waals surface area contributed by atoms with Crippen LogP contribution in [-0.4, -0.2) is 35.8 Å². The summed E-state index contributed by atoms with van der Waals surface area (Å²) in [6, 6.07) is 13.8. The summed E-state index contributed by atoms with van der Waals surface area (Å²) in [7, 11) is 0. The smallest absolute Gasteiger partial charge is 0.201 e. The Morgan fingerprint density at radius 1 is 1.21 bits per heavy atom. The number of hydrogen-bond donors (Lipinski definition) is 2. The van der Waals surface area contributed by atoms with Crippen LogP contribution in [-0.2, 0) is 6.54 Å². The van der Waals surface area contributed by atoms with Crippen molar-refractivity contribution in [1.82, 2.24) is 35.2 Å². The quantitative estimate of drug-likeness (QED) is 0.231. The molecule has 10 heteroatoms. The van der Waals surface area contributed by atoms with E-state index >= 15 is 0 Å². The maximum atomic E-state index is 5.42. The van der Waals surface area contributed by atoms with Gasteiger partial charge in [-0.2, -0.15) is 5.10 Å². The SMILES string of the molecule is CC(=NNC(=S)NCl)c1ccc2nnn(Cc3ccc4ncccc4c3)c2n1. The first-order chi connectivity index (χ1) is 13.6. The molecule has 0 saturated heterocycles. The minimum Gasteiger partial charge on any atom is -0.274 e. The topological polar surface area (TPSA) is 92.9 Å². The number of fused-ring (bicyclic) bond motifs is 2. The van der Waals surface area contributed by atoms with E-state index < -0.39 is 0 Å². The lowest BCUT2D eigenvalue weighted by Gasteiger charge is -2.06. The highest BCUT2D eigenvalue weighted by Gasteiger charge is 2.10. The average molecular weight is 411 g/mol. The molecule has 0 fully saturated rings. The molecule has 4 aromatic rings. The van der Waals surface area contributed by atoms with Crippen molar-refractivity contribution in [3.8, 4) is 0 Å². The maximum absolute atomic E-state index is 5.42. The molecule has 0 bridgehead atoms. The van der Waals surface area contributed by atoms with E-state index in [9.17, 15) is 0 Å². The zero-order valence-electron chi connectivity index (χ0n) is 14.8. The van der Waals surface area contributed by atoms with Gasteiger partial charge in [-0.05, 0) is 55.0 Å². The fourth-order valence-corrected chi connectivity index (χ4v) is 2.86. The fourth-order valence-electron chi connectivity index (χ4n) is 2.77. The van der Waals surface area contributed by atoms with Gasteiger partial charge in [0.15, 0.2) is 5.65 Å². The Morgan fingerprint density at radius 3 is 2.93 bits per heavy atom. The van der Waals surface area contributed by atoms with Gasteiger partial charge in [0, 0.05) is 23.4 Å². The third-order valence-corrected chi connectivity index (χ3v) is 4.64. The Balaban J connectivity index is 1.64. The highest BCUT2D eigenvalue weighted by atomic mass is 35.5. The van der Waals surface area contributed by atoms with E-state index in [1.807, 2.05) is 43.3 Å². The molecule has 28 heavy (non-hydrogen) atoms. The number of aromatic nitrogens is 5. The monoisotopic (exact) mass is 410 g/mol. The molecule has 0 atom stereocenters. The molecule has 0 radical (unpaired) electrons. The van der Waals surface area contributed by atoms with Crippen molar-refractivity contribution in [2.45, 2.75) is 13.5 Å². The number of rotatable bonds is 4. The number of nitrogens with zero attached hydrogens (tertiary/aromatic N) is 6. The Hall–Kier alpha value is -3.17. The van der Waals surface area contributed by atoms with Crippen LogP contribution in [0, 0.1) is 0 Å². The largest absolute Gasteiger partial charge is 0.274 e. The van der Waals surface area contributed by atoms with Crippen molar-refractivity contribution < 1.29 is 0 Å². The first-order valence-electron chi connectivity index (χ1n) is 8.39. The molecule has 0 unspecified atom stereocenters. The molecule has 8 nitrogen and oxygen atoms in total. The predicted molar refractivity (Wildman–Crippen MR) is 113 cm³/mol. The van der Waals surface area contributed by atoms with Crippen molar-refractivity contribution in [2.75, 3.05) is 0 Å². The summed E-state index contributed by atoms with van der Waals surface area (Å²) < 4.78 is 1.77. The molecule has 140 valence electrons. The Bertz CT molecular complexity index is 1200. The molecule has 0 amide bonds. The molecular formula is C18H15ClN8S. The van der Waals surface area contributed by atoms with E-state index in [0.717, 1.165) is 16.5 Å². The summed E-state index contributed by atoms with van der Waals surface area (Å²) in [5, 5.41) is 13.9. The van der Waals surface area contributed by atoms with E-state index in [1.165, 1.54) is 0 Å². The number of pyridine rings is 2. The van der Waals surface area contributed by atoms with E-state index in [4.69, 9.17) is 24.0 Å². The highest BCUT2D eigenvalue weighted by molar-refractivity contribution is 7.80. The number of halogens is 1. The molecular weight excluding hydrogens is 396 g/mol. The van der Waals surface area contributed by atoms with Crippen LogP contribution in [0.15, 0.2) is 53.8 Å². The molecule has 3 heterocycles. The summed E-state index contributed by atoms with van der Waals surface area (Å²) in [4.78, 5) is 11.3. The Labute approximate surface area is 170 Å². The number of hydrogen-bond acceptors (Lipinski definition) is 6. The molecule has 4 rings (SSSR count). The van der Waals surface area contributed by atoms with Crippen LogP contribution in [0.2, 0.25) is 0 Å². The van der Waals surface area contributed by atoms with Gasteiger partial charge < -0.3 is 0 Å².